The van der Waals surface area contributed by atoms with Crippen molar-refractivity contribution in [2.75, 3.05) is 0 Å². The first-order valence-corrected chi connectivity index (χ1v) is 6.43. The number of nitrogens with zero attached hydrogens (tertiary/aromatic N) is 2. The van der Waals surface area contributed by atoms with Gasteiger partial charge in [0.05, 0.1) is 0 Å². The Bertz CT molecular complexity index is 708. The van der Waals surface area contributed by atoms with Crippen LogP contribution in [0.4, 0.5) is 0 Å². The van der Waals surface area contributed by atoms with Gasteiger partial charge in [-0.2, -0.15) is 0 Å². The minimum absolute atomic E-state index is 0.0261. The fourth-order valence-corrected chi connectivity index (χ4v) is 2.98. The van der Waals surface area contributed by atoms with Crippen LogP contribution in [0.3, 0.4) is 0 Å². The number of carbonyl (C=O) groups is 1. The summed E-state index contributed by atoms with van der Waals surface area (Å²) in [6.07, 6.45) is 5.60. The van der Waals surface area contributed by atoms with Crippen LogP contribution in [0.25, 0.3) is 5.65 Å². The standard InChI is InChI=1S/C13H15N3O3/c1-7-10(8-4-2-3-5-8)12(17)16-11(15-7)9(6-14-16)13(18)19/h6,8,14H,2-5H2,1H3,(H,18,19). The van der Waals surface area contributed by atoms with E-state index in [9.17, 15) is 9.59 Å². The van der Waals surface area contributed by atoms with Crippen LogP contribution in [0.2, 0.25) is 0 Å². The van der Waals surface area contributed by atoms with Gasteiger partial charge in [-0.1, -0.05) is 12.8 Å². The first-order valence-electron chi connectivity index (χ1n) is 6.43. The molecule has 0 spiro atoms. The minimum Gasteiger partial charge on any atom is -0.477 e. The molecular weight excluding hydrogens is 246 g/mol. The number of carboxylic acids is 1. The molecule has 2 N–H and O–H groups in total. The second-order valence-electron chi connectivity index (χ2n) is 5.05. The number of nitrogens with one attached hydrogen (secondary N) is 1. The lowest BCUT2D eigenvalue weighted by atomic mass is 9.97. The molecule has 2 heterocycles. The van der Waals surface area contributed by atoms with Crippen LogP contribution in [0, 0.1) is 6.92 Å². The number of carboxylic acid groups (broad SMARTS) is 1. The number of aromatic amines is 1. The highest BCUT2D eigenvalue weighted by molar-refractivity contribution is 5.94. The van der Waals surface area contributed by atoms with Crippen LogP contribution in [-0.4, -0.2) is 25.7 Å². The third-order valence-electron chi connectivity index (χ3n) is 3.88. The quantitative estimate of drug-likeness (QED) is 0.861. The first-order chi connectivity index (χ1) is 9.09. The van der Waals surface area contributed by atoms with Crippen molar-refractivity contribution in [3.05, 3.63) is 33.4 Å². The van der Waals surface area contributed by atoms with Gasteiger partial charge in [-0.15, -0.1) is 0 Å². The minimum atomic E-state index is -1.08. The Labute approximate surface area is 109 Å². The molecule has 0 amide bonds. The van der Waals surface area contributed by atoms with E-state index in [0.29, 0.717) is 5.69 Å². The normalized spacial score (nSPS) is 16.3. The monoisotopic (exact) mass is 261 g/mol. The lowest BCUT2D eigenvalue weighted by Crippen LogP contribution is -2.23. The van der Waals surface area contributed by atoms with E-state index in [4.69, 9.17) is 5.11 Å². The molecule has 1 fully saturated rings. The van der Waals surface area contributed by atoms with Crippen molar-refractivity contribution in [1.82, 2.24) is 14.6 Å². The average Bonchev–Trinajstić information content (AvgIpc) is 2.97. The maximum Gasteiger partial charge on any atom is 0.341 e. The summed E-state index contributed by atoms with van der Waals surface area (Å²) in [6, 6.07) is 0. The summed E-state index contributed by atoms with van der Waals surface area (Å²) in [5, 5.41) is 11.7. The first kappa shape index (κ1) is 12.0. The maximum absolute atomic E-state index is 12.5. The second kappa shape index (κ2) is 4.22. The topological polar surface area (TPSA) is 87.5 Å². The summed E-state index contributed by atoms with van der Waals surface area (Å²) in [6.45, 7) is 1.79. The third-order valence-corrected chi connectivity index (χ3v) is 3.88. The molecule has 6 heteroatoms. The number of aromatic carboxylic acids is 1. The molecule has 3 rings (SSSR count). The van der Waals surface area contributed by atoms with Crippen LogP contribution >= 0.6 is 0 Å². The summed E-state index contributed by atoms with van der Waals surface area (Å²) in [5.74, 6) is -0.827. The highest BCUT2D eigenvalue weighted by atomic mass is 16.4. The number of rotatable bonds is 2. The number of fused-ring (bicyclic) bond motifs is 1. The van der Waals surface area contributed by atoms with Crippen molar-refractivity contribution in [2.24, 2.45) is 0 Å². The zero-order valence-electron chi connectivity index (χ0n) is 10.6. The van der Waals surface area contributed by atoms with Crippen LogP contribution in [0.1, 0.15) is 53.2 Å². The van der Waals surface area contributed by atoms with Gasteiger partial charge >= 0.3 is 5.97 Å². The molecule has 2 aromatic heterocycles. The van der Waals surface area contributed by atoms with Crippen molar-refractivity contribution in [3.63, 3.8) is 0 Å². The molecule has 0 bridgehead atoms. The highest BCUT2D eigenvalue weighted by Gasteiger charge is 2.25. The van der Waals surface area contributed by atoms with Gasteiger partial charge in [0.15, 0.2) is 5.65 Å². The maximum atomic E-state index is 12.5. The molecule has 1 aliphatic rings. The smallest absolute Gasteiger partial charge is 0.341 e. The molecule has 0 aromatic carbocycles. The summed E-state index contributed by atoms with van der Waals surface area (Å²) in [4.78, 5) is 27.8. The van der Waals surface area contributed by atoms with Gasteiger partial charge in [0.25, 0.3) is 5.56 Å². The van der Waals surface area contributed by atoms with Crippen molar-refractivity contribution in [2.45, 2.75) is 38.5 Å². The third kappa shape index (κ3) is 1.75. The molecule has 2 aromatic rings. The van der Waals surface area contributed by atoms with Gasteiger partial charge in [0.2, 0.25) is 0 Å². The second-order valence-corrected chi connectivity index (χ2v) is 5.05. The fourth-order valence-electron chi connectivity index (χ4n) is 2.98. The van der Waals surface area contributed by atoms with Gasteiger partial charge in [0.1, 0.15) is 5.56 Å². The van der Waals surface area contributed by atoms with Crippen molar-refractivity contribution in [3.8, 4) is 0 Å². The van der Waals surface area contributed by atoms with E-state index in [-0.39, 0.29) is 22.7 Å². The Morgan fingerprint density at radius 1 is 1.47 bits per heavy atom. The Kier molecular flexibility index (Phi) is 2.66. The molecule has 0 radical (unpaired) electrons. The fraction of sp³-hybridized carbons (Fsp3) is 0.462. The van der Waals surface area contributed by atoms with Crippen LogP contribution in [-0.2, 0) is 0 Å². The van der Waals surface area contributed by atoms with Crippen molar-refractivity contribution < 1.29 is 9.90 Å². The Balaban J connectivity index is 2.26. The molecule has 100 valence electrons. The molecule has 0 aliphatic heterocycles. The van der Waals surface area contributed by atoms with Gasteiger partial charge < -0.3 is 5.11 Å². The molecular formula is C13H15N3O3. The van der Waals surface area contributed by atoms with E-state index in [1.54, 1.807) is 6.92 Å². The predicted molar refractivity (Wildman–Crippen MR) is 68.7 cm³/mol. The molecule has 0 saturated heterocycles. The molecule has 19 heavy (non-hydrogen) atoms. The summed E-state index contributed by atoms with van der Waals surface area (Å²) >= 11 is 0. The van der Waals surface area contributed by atoms with Gasteiger partial charge in [0, 0.05) is 17.5 Å². The number of aromatic nitrogens is 3. The number of hydrogen-bond donors (Lipinski definition) is 2. The van der Waals surface area contributed by atoms with Crippen LogP contribution in [0.5, 0.6) is 0 Å². The van der Waals surface area contributed by atoms with Crippen molar-refractivity contribution >= 4 is 11.6 Å². The SMILES string of the molecule is Cc1nc2c(C(=O)O)c[nH]n2c(=O)c1C1CCCC1. The molecule has 0 atom stereocenters. The largest absolute Gasteiger partial charge is 0.477 e. The van der Waals surface area contributed by atoms with Crippen LogP contribution < -0.4 is 5.56 Å². The molecule has 1 aliphatic carbocycles. The zero-order valence-corrected chi connectivity index (χ0v) is 10.6. The van der Waals surface area contributed by atoms with Gasteiger partial charge in [-0.25, -0.2) is 14.3 Å². The number of H-pyrrole nitrogens is 1. The van der Waals surface area contributed by atoms with Gasteiger partial charge in [-0.3, -0.25) is 9.89 Å². The molecule has 1 saturated carbocycles. The number of hydrogen-bond acceptors (Lipinski definition) is 3. The van der Waals surface area contributed by atoms with E-state index >= 15 is 0 Å². The molecule has 0 unspecified atom stereocenters. The summed E-state index contributed by atoms with van der Waals surface area (Å²) in [7, 11) is 0. The lowest BCUT2D eigenvalue weighted by molar-refractivity contribution is 0.0699. The predicted octanol–water partition coefficient (Wildman–Crippen LogP) is 1.69. The summed E-state index contributed by atoms with van der Waals surface area (Å²) < 4.78 is 1.24. The van der Waals surface area contributed by atoms with E-state index in [1.807, 2.05) is 0 Å². The number of aryl methyl sites for hydroxylation is 1. The lowest BCUT2D eigenvalue weighted by Gasteiger charge is -2.11. The Hall–Kier alpha value is -2.11. The van der Waals surface area contributed by atoms with E-state index in [0.717, 1.165) is 31.2 Å². The van der Waals surface area contributed by atoms with Gasteiger partial charge in [-0.05, 0) is 25.7 Å². The van der Waals surface area contributed by atoms with Crippen LogP contribution in [0.15, 0.2) is 11.0 Å². The van der Waals surface area contributed by atoms with Crippen molar-refractivity contribution in [1.29, 1.82) is 0 Å². The van der Waals surface area contributed by atoms with E-state index in [2.05, 4.69) is 10.1 Å². The highest BCUT2D eigenvalue weighted by Crippen LogP contribution is 2.33. The average molecular weight is 261 g/mol. The Morgan fingerprint density at radius 3 is 2.79 bits per heavy atom. The van der Waals surface area contributed by atoms with E-state index < -0.39 is 5.97 Å². The zero-order chi connectivity index (χ0) is 13.6. The summed E-state index contributed by atoms with van der Waals surface area (Å²) in [5.41, 5.74) is 1.43. The van der Waals surface area contributed by atoms with E-state index in [1.165, 1.54) is 10.7 Å². The Morgan fingerprint density at radius 2 is 2.16 bits per heavy atom. The molecule has 6 nitrogen and oxygen atoms in total.